The summed E-state index contributed by atoms with van der Waals surface area (Å²) >= 11 is 0. The fourth-order valence-electron chi connectivity index (χ4n) is 2.29. The molecule has 1 aliphatic rings. The molecule has 3 amide bonds. The van der Waals surface area contributed by atoms with Crippen molar-refractivity contribution in [2.24, 2.45) is 5.73 Å². The van der Waals surface area contributed by atoms with Crippen LogP contribution in [0.3, 0.4) is 0 Å². The summed E-state index contributed by atoms with van der Waals surface area (Å²) in [7, 11) is 0. The van der Waals surface area contributed by atoms with Gasteiger partial charge in [0.25, 0.3) is 11.6 Å². The molecule has 0 saturated carbocycles. The van der Waals surface area contributed by atoms with Gasteiger partial charge < -0.3 is 11.1 Å². The van der Waals surface area contributed by atoms with Crippen LogP contribution in [-0.4, -0.2) is 34.3 Å². The Morgan fingerprint density at radius 3 is 2.71 bits per heavy atom. The quantitative estimate of drug-likeness (QED) is 0.481. The number of hydrogen-bond donors (Lipinski definition) is 2. The summed E-state index contributed by atoms with van der Waals surface area (Å²) in [6.07, 6.45) is 0. The molecule has 2 unspecified atom stereocenters. The zero-order valence-corrected chi connectivity index (χ0v) is 11.7. The van der Waals surface area contributed by atoms with Crippen LogP contribution in [0.5, 0.6) is 0 Å². The third-order valence-corrected chi connectivity index (χ3v) is 3.64. The van der Waals surface area contributed by atoms with E-state index >= 15 is 0 Å². The summed E-state index contributed by atoms with van der Waals surface area (Å²) in [5.74, 6) is -0.467. The summed E-state index contributed by atoms with van der Waals surface area (Å²) in [6, 6.07) is 4.67. The number of nitro groups is 1. The summed E-state index contributed by atoms with van der Waals surface area (Å²) in [5, 5.41) is 13.4. The zero-order valence-electron chi connectivity index (χ0n) is 11.7. The van der Waals surface area contributed by atoms with Crippen LogP contribution in [0.25, 0.3) is 0 Å². The lowest BCUT2D eigenvalue weighted by Crippen LogP contribution is -2.45. The van der Waals surface area contributed by atoms with E-state index in [0.29, 0.717) is 5.56 Å². The van der Waals surface area contributed by atoms with Gasteiger partial charge in [0.15, 0.2) is 0 Å². The number of amides is 3. The van der Waals surface area contributed by atoms with E-state index in [1.165, 1.54) is 25.1 Å². The molecule has 0 bridgehead atoms. The number of carbonyl (C=O) groups excluding carboxylic acids is 2. The average molecular weight is 292 g/mol. The van der Waals surface area contributed by atoms with Crippen LogP contribution in [0.1, 0.15) is 19.4 Å². The molecule has 3 N–H and O–H groups in total. The molecule has 1 aromatic carbocycles. The largest absolute Gasteiger partial charge is 0.328 e. The maximum Gasteiger partial charge on any atom is 0.325 e. The minimum absolute atomic E-state index is 0.138. The van der Waals surface area contributed by atoms with E-state index in [-0.39, 0.29) is 12.2 Å². The van der Waals surface area contributed by atoms with E-state index < -0.39 is 28.4 Å². The van der Waals surface area contributed by atoms with Gasteiger partial charge in [-0.2, -0.15) is 0 Å². The summed E-state index contributed by atoms with van der Waals surface area (Å²) in [4.78, 5) is 35.9. The minimum Gasteiger partial charge on any atom is -0.328 e. The molecule has 8 nitrogen and oxygen atoms in total. The third kappa shape index (κ3) is 2.33. The second-order valence-corrected chi connectivity index (χ2v) is 5.12. The molecule has 0 spiro atoms. The van der Waals surface area contributed by atoms with Crippen molar-refractivity contribution in [2.45, 2.75) is 25.4 Å². The molecule has 2 atom stereocenters. The number of benzene rings is 1. The number of nitro benzene ring substituents is 1. The average Bonchev–Trinajstić information content (AvgIpc) is 2.69. The molecule has 1 fully saturated rings. The van der Waals surface area contributed by atoms with Gasteiger partial charge >= 0.3 is 6.03 Å². The highest BCUT2D eigenvalue weighted by Gasteiger charge is 2.50. The van der Waals surface area contributed by atoms with Gasteiger partial charge in [-0.3, -0.25) is 19.8 Å². The third-order valence-electron chi connectivity index (χ3n) is 3.64. The van der Waals surface area contributed by atoms with Crippen molar-refractivity contribution in [3.8, 4) is 0 Å². The maximum atomic E-state index is 12.5. The van der Waals surface area contributed by atoms with Gasteiger partial charge in [-0.1, -0.05) is 12.1 Å². The first-order chi connectivity index (χ1) is 9.81. The van der Waals surface area contributed by atoms with E-state index in [2.05, 4.69) is 5.32 Å². The number of nitrogens with zero attached hydrogens (tertiary/aromatic N) is 2. The van der Waals surface area contributed by atoms with Crippen LogP contribution in [0.15, 0.2) is 24.3 Å². The maximum absolute atomic E-state index is 12.5. The lowest BCUT2D eigenvalue weighted by atomic mass is 9.91. The van der Waals surface area contributed by atoms with Crippen molar-refractivity contribution < 1.29 is 14.5 Å². The molecule has 0 radical (unpaired) electrons. The molecule has 2 rings (SSSR count). The highest BCUT2D eigenvalue weighted by molar-refractivity contribution is 6.07. The van der Waals surface area contributed by atoms with Gasteiger partial charge in [-0.05, 0) is 19.4 Å². The van der Waals surface area contributed by atoms with Crippen LogP contribution >= 0.6 is 0 Å². The fraction of sp³-hybridized carbons (Fsp3) is 0.385. The van der Waals surface area contributed by atoms with Crippen molar-refractivity contribution in [3.63, 3.8) is 0 Å². The van der Waals surface area contributed by atoms with Crippen molar-refractivity contribution >= 4 is 17.6 Å². The van der Waals surface area contributed by atoms with Gasteiger partial charge in [-0.15, -0.1) is 0 Å². The zero-order chi connectivity index (χ0) is 15.8. The Bertz CT molecular complexity index is 618. The second-order valence-electron chi connectivity index (χ2n) is 5.12. The molecule has 1 saturated heterocycles. The lowest BCUT2D eigenvalue weighted by molar-refractivity contribution is -0.385. The first kappa shape index (κ1) is 14.9. The molecule has 21 heavy (non-hydrogen) atoms. The SMILES string of the molecule is CC(CN)N1C(=O)NC(C)(c2cccc([N+](=O)[O-])c2)C1=O. The number of urea groups is 1. The Morgan fingerprint density at radius 1 is 1.48 bits per heavy atom. The Hall–Kier alpha value is -2.48. The number of carbonyl (C=O) groups is 2. The number of nitrogens with one attached hydrogen (secondary N) is 1. The summed E-state index contributed by atoms with van der Waals surface area (Å²) in [5.41, 5.74) is 4.40. The summed E-state index contributed by atoms with van der Waals surface area (Å²) < 4.78 is 0. The van der Waals surface area contributed by atoms with Gasteiger partial charge in [0, 0.05) is 18.7 Å². The fourth-order valence-corrected chi connectivity index (χ4v) is 2.29. The van der Waals surface area contributed by atoms with E-state index in [4.69, 9.17) is 5.73 Å². The Kier molecular flexibility index (Phi) is 3.65. The highest BCUT2D eigenvalue weighted by Crippen LogP contribution is 2.31. The van der Waals surface area contributed by atoms with Gasteiger partial charge in [-0.25, -0.2) is 4.79 Å². The lowest BCUT2D eigenvalue weighted by Gasteiger charge is -2.24. The van der Waals surface area contributed by atoms with Gasteiger partial charge in [0.1, 0.15) is 5.54 Å². The Labute approximate surface area is 121 Å². The molecule has 1 aromatic rings. The van der Waals surface area contributed by atoms with Crippen molar-refractivity contribution in [1.82, 2.24) is 10.2 Å². The van der Waals surface area contributed by atoms with Crippen LogP contribution < -0.4 is 11.1 Å². The Morgan fingerprint density at radius 2 is 2.14 bits per heavy atom. The first-order valence-corrected chi connectivity index (χ1v) is 6.42. The van der Waals surface area contributed by atoms with Crippen molar-refractivity contribution in [3.05, 3.63) is 39.9 Å². The van der Waals surface area contributed by atoms with Crippen LogP contribution in [0.4, 0.5) is 10.5 Å². The van der Waals surface area contributed by atoms with Crippen LogP contribution in [0.2, 0.25) is 0 Å². The number of nitrogens with two attached hydrogens (primary N) is 1. The predicted molar refractivity (Wildman–Crippen MR) is 74.3 cm³/mol. The standard InChI is InChI=1S/C13H16N4O4/c1-8(7-14)16-11(18)13(2,15-12(16)19)9-4-3-5-10(6-9)17(20)21/h3-6,8H,7,14H2,1-2H3,(H,15,19). The van der Waals surface area contributed by atoms with Gasteiger partial charge in [0.2, 0.25) is 0 Å². The predicted octanol–water partition coefficient (Wildman–Crippen LogP) is 0.709. The van der Waals surface area contributed by atoms with E-state index in [1.807, 2.05) is 0 Å². The Balaban J connectivity index is 2.44. The topological polar surface area (TPSA) is 119 Å². The van der Waals surface area contributed by atoms with Gasteiger partial charge in [0.05, 0.1) is 11.0 Å². The molecular weight excluding hydrogens is 276 g/mol. The van der Waals surface area contributed by atoms with Crippen LogP contribution in [0, 0.1) is 10.1 Å². The molecule has 112 valence electrons. The number of non-ortho nitro benzene ring substituents is 1. The molecule has 8 heteroatoms. The molecule has 0 aromatic heterocycles. The molecule has 1 aliphatic heterocycles. The monoisotopic (exact) mass is 292 g/mol. The summed E-state index contributed by atoms with van der Waals surface area (Å²) in [6.45, 7) is 3.33. The van der Waals surface area contributed by atoms with E-state index in [1.54, 1.807) is 13.0 Å². The van der Waals surface area contributed by atoms with E-state index in [9.17, 15) is 19.7 Å². The van der Waals surface area contributed by atoms with Crippen molar-refractivity contribution in [2.75, 3.05) is 6.54 Å². The van der Waals surface area contributed by atoms with Crippen LogP contribution in [-0.2, 0) is 10.3 Å². The smallest absolute Gasteiger partial charge is 0.325 e. The number of imide groups is 1. The number of rotatable bonds is 4. The minimum atomic E-state index is -1.33. The molecule has 0 aliphatic carbocycles. The number of hydrogen-bond acceptors (Lipinski definition) is 5. The highest BCUT2D eigenvalue weighted by atomic mass is 16.6. The van der Waals surface area contributed by atoms with Crippen molar-refractivity contribution in [1.29, 1.82) is 0 Å². The molecule has 1 heterocycles. The second kappa shape index (κ2) is 5.13. The molecular formula is C13H16N4O4. The normalized spacial score (nSPS) is 23.1. The van der Waals surface area contributed by atoms with E-state index in [0.717, 1.165) is 4.90 Å². The first-order valence-electron chi connectivity index (χ1n) is 6.42.